The summed E-state index contributed by atoms with van der Waals surface area (Å²) < 4.78 is 11.3. The number of nitrogens with two attached hydrogens (primary N) is 2. The van der Waals surface area contributed by atoms with Crippen LogP contribution in [0.25, 0.3) is 0 Å². The minimum atomic E-state index is -0.194. The summed E-state index contributed by atoms with van der Waals surface area (Å²) in [6.45, 7) is 8.12. The van der Waals surface area contributed by atoms with E-state index in [0.29, 0.717) is 34.9 Å². The summed E-state index contributed by atoms with van der Waals surface area (Å²) in [5.41, 5.74) is 18.7. The zero-order valence-electron chi connectivity index (χ0n) is 26.5. The molecule has 0 amide bonds. The molecule has 2 heterocycles. The first-order chi connectivity index (χ1) is 21.8. The number of carbonyl (C=O) groups excluding carboxylic acids is 1. The van der Waals surface area contributed by atoms with Gasteiger partial charge in [0.2, 0.25) is 5.95 Å². The van der Waals surface area contributed by atoms with E-state index < -0.39 is 0 Å². The second-order valence-electron chi connectivity index (χ2n) is 11.2. The number of aromatic nitrogens is 2. The highest BCUT2D eigenvalue weighted by Gasteiger charge is 2.27. The molecule has 0 saturated carbocycles. The Bertz CT molecular complexity index is 1670. The molecule has 234 valence electrons. The number of nitrogens with zero attached hydrogens (tertiary/aromatic N) is 4. The minimum Gasteiger partial charge on any atom is -0.493 e. The van der Waals surface area contributed by atoms with E-state index in [1.165, 1.54) is 29.4 Å². The molecule has 0 bridgehead atoms. The van der Waals surface area contributed by atoms with Gasteiger partial charge in [-0.05, 0) is 59.5 Å². The van der Waals surface area contributed by atoms with Gasteiger partial charge in [0.1, 0.15) is 5.82 Å². The molecule has 9 nitrogen and oxygen atoms in total. The number of methoxy groups -OCH3 is 2. The van der Waals surface area contributed by atoms with Crippen LogP contribution in [0.2, 0.25) is 0 Å². The van der Waals surface area contributed by atoms with Crippen LogP contribution in [-0.4, -0.2) is 59.4 Å². The molecule has 1 aliphatic rings. The number of anilines is 2. The predicted molar refractivity (Wildman–Crippen MR) is 178 cm³/mol. The minimum absolute atomic E-state index is 0.0160. The lowest BCUT2D eigenvalue weighted by molar-refractivity contribution is 0.104. The highest BCUT2D eigenvalue weighted by atomic mass is 16.5. The molecule has 0 radical (unpaired) electrons. The van der Waals surface area contributed by atoms with Gasteiger partial charge in [0, 0.05) is 43.5 Å². The Morgan fingerprint density at radius 2 is 1.78 bits per heavy atom. The maximum atomic E-state index is 13.8. The van der Waals surface area contributed by atoms with E-state index in [1.807, 2.05) is 12.3 Å². The standard InChI is InChI=1S/C36H42N6O3/c1-5-41(6-2)23-24-11-13-27(14-12-24)33-29-10-8-7-9-26(29)15-17-42(33)18-16-31(43)30-20-25(21-32(44-3)34(30)45-4)19-28-22-39-36(38)40-35(28)37/h7-14,16,18,20-22,33H,5-6,15,17,19,23H2,1-4H3,(H4,37,38,39,40). The summed E-state index contributed by atoms with van der Waals surface area (Å²) in [6, 6.07) is 21.1. The van der Waals surface area contributed by atoms with Crippen LogP contribution in [0.5, 0.6) is 11.5 Å². The molecule has 4 aromatic rings. The van der Waals surface area contributed by atoms with E-state index >= 15 is 0 Å². The first kappa shape index (κ1) is 31.5. The largest absolute Gasteiger partial charge is 0.493 e. The van der Waals surface area contributed by atoms with Crippen LogP contribution in [0.15, 0.2) is 79.1 Å². The quantitative estimate of drug-likeness (QED) is 0.161. The Hall–Kier alpha value is -4.89. The lowest BCUT2D eigenvalue weighted by atomic mass is 9.88. The lowest BCUT2D eigenvalue weighted by Gasteiger charge is -2.37. The molecule has 9 heteroatoms. The third-order valence-corrected chi connectivity index (χ3v) is 8.45. The predicted octanol–water partition coefficient (Wildman–Crippen LogP) is 5.43. The highest BCUT2D eigenvalue weighted by Crippen LogP contribution is 2.37. The van der Waals surface area contributed by atoms with Crippen molar-refractivity contribution in [2.24, 2.45) is 0 Å². The van der Waals surface area contributed by atoms with Crippen molar-refractivity contribution in [3.63, 3.8) is 0 Å². The number of hydrogen-bond donors (Lipinski definition) is 2. The number of nitrogen functional groups attached to an aromatic ring is 2. The number of fused-ring (bicyclic) bond motifs is 1. The SMILES string of the molecule is CCN(CC)Cc1ccc(C2c3ccccc3CCN2C=CC(=O)c2cc(Cc3cnc(N)nc3N)cc(OC)c2OC)cc1. The molecular formula is C36H42N6O3. The number of hydrogen-bond acceptors (Lipinski definition) is 9. The van der Waals surface area contributed by atoms with Crippen molar-refractivity contribution in [1.29, 1.82) is 0 Å². The van der Waals surface area contributed by atoms with Crippen LogP contribution in [0.4, 0.5) is 11.8 Å². The first-order valence-corrected chi connectivity index (χ1v) is 15.3. The third-order valence-electron chi connectivity index (χ3n) is 8.45. The summed E-state index contributed by atoms with van der Waals surface area (Å²) in [5, 5.41) is 0. The fourth-order valence-corrected chi connectivity index (χ4v) is 5.98. The van der Waals surface area contributed by atoms with Crippen molar-refractivity contribution in [2.45, 2.75) is 39.3 Å². The van der Waals surface area contributed by atoms with Crippen molar-refractivity contribution in [3.8, 4) is 11.5 Å². The number of rotatable bonds is 12. The average molecular weight is 607 g/mol. The van der Waals surface area contributed by atoms with Crippen LogP contribution in [0, 0.1) is 0 Å². The van der Waals surface area contributed by atoms with E-state index in [0.717, 1.165) is 38.2 Å². The van der Waals surface area contributed by atoms with Crippen LogP contribution in [0.3, 0.4) is 0 Å². The fourth-order valence-electron chi connectivity index (χ4n) is 5.98. The Morgan fingerprint density at radius 1 is 1.02 bits per heavy atom. The molecule has 1 aromatic heterocycles. The second kappa shape index (κ2) is 14.3. The van der Waals surface area contributed by atoms with Gasteiger partial charge in [-0.3, -0.25) is 9.69 Å². The van der Waals surface area contributed by atoms with Gasteiger partial charge in [0.25, 0.3) is 0 Å². The normalized spacial score (nSPS) is 14.5. The first-order valence-electron chi connectivity index (χ1n) is 15.3. The monoisotopic (exact) mass is 606 g/mol. The van der Waals surface area contributed by atoms with E-state index in [9.17, 15) is 4.79 Å². The van der Waals surface area contributed by atoms with Gasteiger partial charge >= 0.3 is 0 Å². The lowest BCUT2D eigenvalue weighted by Crippen LogP contribution is -2.32. The zero-order valence-corrected chi connectivity index (χ0v) is 26.5. The maximum Gasteiger partial charge on any atom is 0.221 e. The summed E-state index contributed by atoms with van der Waals surface area (Å²) in [6.07, 6.45) is 6.42. The molecule has 5 rings (SSSR count). The van der Waals surface area contributed by atoms with Gasteiger partial charge in [0.15, 0.2) is 17.3 Å². The smallest absolute Gasteiger partial charge is 0.221 e. The number of benzene rings is 3. The topological polar surface area (TPSA) is 120 Å². The molecule has 3 aromatic carbocycles. The van der Waals surface area contributed by atoms with Crippen molar-refractivity contribution in [1.82, 2.24) is 19.8 Å². The number of ketones is 1. The van der Waals surface area contributed by atoms with Crippen molar-refractivity contribution < 1.29 is 14.3 Å². The summed E-state index contributed by atoms with van der Waals surface area (Å²) in [4.78, 5) is 26.6. The zero-order chi connectivity index (χ0) is 31.9. The second-order valence-corrected chi connectivity index (χ2v) is 11.2. The Labute approximate surface area is 265 Å². The van der Waals surface area contributed by atoms with Crippen molar-refractivity contribution in [3.05, 3.63) is 118 Å². The van der Waals surface area contributed by atoms with Crippen molar-refractivity contribution >= 4 is 17.5 Å². The third kappa shape index (κ3) is 7.10. The maximum absolute atomic E-state index is 13.8. The Balaban J connectivity index is 1.45. The molecule has 0 spiro atoms. The molecule has 4 N–H and O–H groups in total. The van der Waals surface area contributed by atoms with Gasteiger partial charge in [-0.1, -0.05) is 62.4 Å². The Kier molecular flexibility index (Phi) is 9.99. The van der Waals surface area contributed by atoms with Gasteiger partial charge in [0.05, 0.1) is 25.8 Å². The van der Waals surface area contributed by atoms with E-state index in [4.69, 9.17) is 20.9 Å². The summed E-state index contributed by atoms with van der Waals surface area (Å²) in [5.74, 6) is 1.04. The number of ether oxygens (including phenoxy) is 2. The van der Waals surface area contributed by atoms with Crippen LogP contribution < -0.4 is 20.9 Å². The molecule has 1 aliphatic heterocycles. The highest BCUT2D eigenvalue weighted by molar-refractivity contribution is 6.07. The molecule has 45 heavy (non-hydrogen) atoms. The summed E-state index contributed by atoms with van der Waals surface area (Å²) in [7, 11) is 3.08. The Morgan fingerprint density at radius 3 is 2.47 bits per heavy atom. The van der Waals surface area contributed by atoms with Gasteiger partial charge in [-0.25, -0.2) is 4.98 Å². The average Bonchev–Trinajstić information content (AvgIpc) is 3.06. The van der Waals surface area contributed by atoms with Gasteiger partial charge < -0.3 is 25.8 Å². The molecule has 0 aliphatic carbocycles. The fraction of sp³-hybridized carbons (Fsp3) is 0.306. The van der Waals surface area contributed by atoms with E-state index in [1.54, 1.807) is 25.4 Å². The van der Waals surface area contributed by atoms with Crippen LogP contribution >= 0.6 is 0 Å². The summed E-state index contributed by atoms with van der Waals surface area (Å²) >= 11 is 0. The number of carbonyl (C=O) groups is 1. The molecule has 0 saturated heterocycles. The van der Waals surface area contributed by atoms with Gasteiger partial charge in [-0.15, -0.1) is 0 Å². The van der Waals surface area contributed by atoms with Crippen LogP contribution in [0.1, 0.15) is 63.6 Å². The molecule has 0 fully saturated rings. The van der Waals surface area contributed by atoms with E-state index in [2.05, 4.69) is 82.1 Å². The molecular weight excluding hydrogens is 564 g/mol. The van der Waals surface area contributed by atoms with E-state index in [-0.39, 0.29) is 17.8 Å². The van der Waals surface area contributed by atoms with Crippen molar-refractivity contribution in [2.75, 3.05) is 45.3 Å². The molecule has 1 atom stereocenters. The van der Waals surface area contributed by atoms with Gasteiger partial charge in [-0.2, -0.15) is 4.98 Å². The number of allylic oxidation sites excluding steroid dienone is 1. The van der Waals surface area contributed by atoms with Crippen LogP contribution in [-0.2, 0) is 19.4 Å². The molecule has 1 unspecified atom stereocenters.